The summed E-state index contributed by atoms with van der Waals surface area (Å²) in [5.41, 5.74) is 0. The van der Waals surface area contributed by atoms with Gasteiger partial charge in [-0.25, -0.2) is 9.59 Å². The van der Waals surface area contributed by atoms with Crippen LogP contribution in [0.3, 0.4) is 0 Å². The van der Waals surface area contributed by atoms with Gasteiger partial charge in [0.2, 0.25) is 0 Å². The summed E-state index contributed by atoms with van der Waals surface area (Å²) >= 11 is 0. The van der Waals surface area contributed by atoms with Gasteiger partial charge < -0.3 is 20.5 Å². The molecule has 1 rings (SSSR count). The first-order valence-electron chi connectivity index (χ1n) is 5.39. The maximum atomic E-state index is 11.4. The highest BCUT2D eigenvalue weighted by Crippen LogP contribution is 2.22. The van der Waals surface area contributed by atoms with Gasteiger partial charge in [-0.05, 0) is 19.3 Å². The topological polar surface area (TPSA) is 87.7 Å². The van der Waals surface area contributed by atoms with Crippen LogP contribution in [-0.4, -0.2) is 42.4 Å². The molecule has 0 heterocycles. The largest absolute Gasteiger partial charge is 0.480 e. The molecule has 6 heteroatoms. The number of carbonyl (C=O) groups is 2. The Kier molecular flexibility index (Phi) is 4.54. The number of urea groups is 1. The van der Waals surface area contributed by atoms with Crippen LogP contribution in [0.15, 0.2) is 0 Å². The number of aliphatic carboxylic acids is 1. The van der Waals surface area contributed by atoms with Crippen LogP contribution in [0.25, 0.3) is 0 Å². The van der Waals surface area contributed by atoms with Crippen molar-refractivity contribution in [3.63, 3.8) is 0 Å². The highest BCUT2D eigenvalue weighted by atomic mass is 16.5. The summed E-state index contributed by atoms with van der Waals surface area (Å²) in [7, 11) is 1.64. The molecule has 1 unspecified atom stereocenters. The number of carboxylic acid groups (broad SMARTS) is 1. The van der Waals surface area contributed by atoms with Crippen LogP contribution < -0.4 is 10.6 Å². The summed E-state index contributed by atoms with van der Waals surface area (Å²) in [4.78, 5) is 22.1. The van der Waals surface area contributed by atoms with Crippen molar-refractivity contribution in [1.82, 2.24) is 10.6 Å². The van der Waals surface area contributed by atoms with E-state index < -0.39 is 18.0 Å². The Hall–Kier alpha value is -1.30. The molecule has 1 fully saturated rings. The van der Waals surface area contributed by atoms with E-state index in [4.69, 9.17) is 9.84 Å². The summed E-state index contributed by atoms with van der Waals surface area (Å²) < 4.78 is 5.07. The number of carboxylic acids is 1. The highest BCUT2D eigenvalue weighted by Gasteiger charge is 2.30. The van der Waals surface area contributed by atoms with E-state index in [1.54, 1.807) is 14.0 Å². The van der Waals surface area contributed by atoms with Crippen LogP contribution in [0.5, 0.6) is 0 Å². The van der Waals surface area contributed by atoms with Gasteiger partial charge in [-0.15, -0.1) is 0 Å². The van der Waals surface area contributed by atoms with Crippen LogP contribution in [0.2, 0.25) is 0 Å². The molecule has 3 N–H and O–H groups in total. The molecule has 1 aliphatic rings. The van der Waals surface area contributed by atoms with Crippen molar-refractivity contribution in [2.75, 3.05) is 7.11 Å². The molecule has 0 aromatic carbocycles. The lowest BCUT2D eigenvalue weighted by Crippen LogP contribution is -2.53. The molecule has 0 radical (unpaired) electrons. The maximum absolute atomic E-state index is 11.4. The zero-order chi connectivity index (χ0) is 12.1. The Balaban J connectivity index is 2.23. The van der Waals surface area contributed by atoms with Crippen molar-refractivity contribution in [3.05, 3.63) is 0 Å². The molecule has 0 saturated heterocycles. The second-order valence-electron chi connectivity index (χ2n) is 3.94. The van der Waals surface area contributed by atoms with E-state index in [1.807, 2.05) is 0 Å². The Labute approximate surface area is 94.3 Å². The third-order valence-electron chi connectivity index (χ3n) is 2.78. The molecule has 0 spiro atoms. The van der Waals surface area contributed by atoms with E-state index in [0.717, 1.165) is 12.8 Å². The molecule has 1 saturated carbocycles. The summed E-state index contributed by atoms with van der Waals surface area (Å²) in [6, 6.07) is -1.15. The molecule has 0 aliphatic heterocycles. The van der Waals surface area contributed by atoms with E-state index in [0.29, 0.717) is 6.42 Å². The van der Waals surface area contributed by atoms with Crippen molar-refractivity contribution in [1.29, 1.82) is 0 Å². The van der Waals surface area contributed by atoms with E-state index in [1.165, 1.54) is 0 Å². The minimum absolute atomic E-state index is 0.0938. The van der Waals surface area contributed by atoms with Crippen molar-refractivity contribution in [2.45, 2.75) is 44.4 Å². The van der Waals surface area contributed by atoms with Gasteiger partial charge in [-0.3, -0.25) is 0 Å². The molecule has 6 nitrogen and oxygen atoms in total. The number of nitrogens with one attached hydrogen (secondary N) is 2. The predicted octanol–water partition coefficient (Wildman–Crippen LogP) is 0.326. The van der Waals surface area contributed by atoms with E-state index in [9.17, 15) is 9.59 Å². The standard InChI is InChI=1S/C10H18N2O4/c1-3-8(9(13)14)12-10(15)11-6-4-7(5-6)16-2/h6-8H,3-5H2,1-2H3,(H,13,14)(H2,11,12,15). The van der Waals surface area contributed by atoms with Crippen LogP contribution in [0, 0.1) is 0 Å². The van der Waals surface area contributed by atoms with Gasteiger partial charge in [0.1, 0.15) is 6.04 Å². The molecule has 16 heavy (non-hydrogen) atoms. The second-order valence-corrected chi connectivity index (χ2v) is 3.94. The fourth-order valence-corrected chi connectivity index (χ4v) is 1.60. The zero-order valence-electron chi connectivity index (χ0n) is 9.53. The SMILES string of the molecule is CCC(NC(=O)NC1CC(OC)C1)C(=O)O. The third-order valence-corrected chi connectivity index (χ3v) is 2.78. The average molecular weight is 230 g/mol. The Morgan fingerprint density at radius 1 is 1.50 bits per heavy atom. The van der Waals surface area contributed by atoms with Crippen molar-refractivity contribution in [3.8, 4) is 0 Å². The summed E-state index contributed by atoms with van der Waals surface area (Å²) in [5, 5.41) is 13.9. The number of hydrogen-bond donors (Lipinski definition) is 3. The summed E-state index contributed by atoms with van der Waals surface area (Å²) in [6.45, 7) is 1.71. The van der Waals surface area contributed by atoms with Crippen molar-refractivity contribution >= 4 is 12.0 Å². The normalized spacial score (nSPS) is 25.4. The lowest BCUT2D eigenvalue weighted by atomic mass is 9.89. The molecule has 0 aromatic heterocycles. The van der Waals surface area contributed by atoms with Gasteiger partial charge in [0.25, 0.3) is 0 Å². The molecular formula is C10H18N2O4. The molecular weight excluding hydrogens is 212 g/mol. The minimum Gasteiger partial charge on any atom is -0.480 e. The van der Waals surface area contributed by atoms with Gasteiger partial charge in [0, 0.05) is 13.2 Å². The number of hydrogen-bond acceptors (Lipinski definition) is 3. The lowest BCUT2D eigenvalue weighted by molar-refractivity contribution is -0.139. The number of methoxy groups -OCH3 is 1. The number of carbonyl (C=O) groups excluding carboxylic acids is 1. The fraction of sp³-hybridized carbons (Fsp3) is 0.800. The van der Waals surface area contributed by atoms with Gasteiger partial charge >= 0.3 is 12.0 Å². The molecule has 0 bridgehead atoms. The first kappa shape index (κ1) is 12.8. The predicted molar refractivity (Wildman–Crippen MR) is 57.2 cm³/mol. The minimum atomic E-state index is -1.01. The molecule has 2 amide bonds. The first-order valence-corrected chi connectivity index (χ1v) is 5.39. The fourth-order valence-electron chi connectivity index (χ4n) is 1.60. The summed E-state index contributed by atoms with van der Waals surface area (Å²) in [6.07, 6.45) is 2.15. The van der Waals surface area contributed by atoms with Gasteiger partial charge in [-0.1, -0.05) is 6.92 Å². The molecule has 1 aliphatic carbocycles. The van der Waals surface area contributed by atoms with Gasteiger partial charge in [0.15, 0.2) is 0 Å². The Morgan fingerprint density at radius 3 is 2.56 bits per heavy atom. The van der Waals surface area contributed by atoms with Gasteiger partial charge in [-0.2, -0.15) is 0 Å². The first-order chi connectivity index (χ1) is 7.56. The lowest BCUT2D eigenvalue weighted by Gasteiger charge is -2.34. The van der Waals surface area contributed by atoms with E-state index in [2.05, 4.69) is 10.6 Å². The van der Waals surface area contributed by atoms with Crippen LogP contribution >= 0.6 is 0 Å². The molecule has 92 valence electrons. The van der Waals surface area contributed by atoms with E-state index in [-0.39, 0.29) is 12.1 Å². The van der Waals surface area contributed by atoms with Crippen molar-refractivity contribution < 1.29 is 19.4 Å². The second kappa shape index (κ2) is 5.69. The Morgan fingerprint density at radius 2 is 2.12 bits per heavy atom. The highest BCUT2D eigenvalue weighted by molar-refractivity contribution is 5.82. The van der Waals surface area contributed by atoms with Crippen LogP contribution in [0.1, 0.15) is 26.2 Å². The number of rotatable bonds is 5. The number of amides is 2. The Bertz CT molecular complexity index is 264. The van der Waals surface area contributed by atoms with Crippen LogP contribution in [-0.2, 0) is 9.53 Å². The monoisotopic (exact) mass is 230 g/mol. The third kappa shape index (κ3) is 3.37. The van der Waals surface area contributed by atoms with Crippen molar-refractivity contribution in [2.24, 2.45) is 0 Å². The average Bonchev–Trinajstić information content (AvgIpc) is 2.18. The smallest absolute Gasteiger partial charge is 0.326 e. The quantitative estimate of drug-likeness (QED) is 0.635. The van der Waals surface area contributed by atoms with Crippen LogP contribution in [0.4, 0.5) is 4.79 Å². The molecule has 0 aromatic rings. The number of ether oxygens (including phenoxy) is 1. The summed E-state index contributed by atoms with van der Waals surface area (Å²) in [5.74, 6) is -1.01. The zero-order valence-corrected chi connectivity index (χ0v) is 9.53. The van der Waals surface area contributed by atoms with E-state index >= 15 is 0 Å². The maximum Gasteiger partial charge on any atom is 0.326 e. The van der Waals surface area contributed by atoms with Gasteiger partial charge in [0.05, 0.1) is 6.10 Å². The molecule has 1 atom stereocenters.